The van der Waals surface area contributed by atoms with E-state index in [0.29, 0.717) is 16.6 Å². The van der Waals surface area contributed by atoms with E-state index in [1.165, 1.54) is 12.1 Å². The molecule has 1 aliphatic rings. The van der Waals surface area contributed by atoms with Gasteiger partial charge in [0.1, 0.15) is 17.3 Å². The molecular formula is C23H21ClF2N6O3. The molecule has 2 aromatic heterocycles. The SMILES string of the molecule is Cc1cc([C@@H](C)Nc2ccc(Cl)nc2C(=O)O)c2nc(N3CCO[C@@H](C(F)F)C3)c(C#N)nc2c1. The number of alkyl halides is 2. The van der Waals surface area contributed by atoms with Crippen LogP contribution in [0.5, 0.6) is 0 Å². The minimum Gasteiger partial charge on any atom is -0.476 e. The van der Waals surface area contributed by atoms with E-state index in [4.69, 9.17) is 16.3 Å². The highest BCUT2D eigenvalue weighted by Gasteiger charge is 2.30. The van der Waals surface area contributed by atoms with Gasteiger partial charge in [0, 0.05) is 12.1 Å². The van der Waals surface area contributed by atoms with Crippen molar-refractivity contribution in [1.29, 1.82) is 5.26 Å². The molecule has 0 amide bonds. The Morgan fingerprint density at radius 3 is 2.80 bits per heavy atom. The van der Waals surface area contributed by atoms with Gasteiger partial charge in [-0.2, -0.15) is 5.26 Å². The maximum Gasteiger partial charge on any atom is 0.356 e. The molecule has 1 fully saturated rings. The maximum absolute atomic E-state index is 13.3. The molecule has 2 atom stereocenters. The van der Waals surface area contributed by atoms with Crippen molar-refractivity contribution >= 4 is 40.1 Å². The second-order valence-corrected chi connectivity index (χ2v) is 8.51. The summed E-state index contributed by atoms with van der Waals surface area (Å²) >= 11 is 5.86. The van der Waals surface area contributed by atoms with Crippen molar-refractivity contribution in [3.05, 3.63) is 51.9 Å². The van der Waals surface area contributed by atoms with Crippen LogP contribution in [0.2, 0.25) is 5.15 Å². The van der Waals surface area contributed by atoms with Gasteiger partial charge in [0.15, 0.2) is 17.2 Å². The summed E-state index contributed by atoms with van der Waals surface area (Å²) in [6, 6.07) is 8.21. The smallest absolute Gasteiger partial charge is 0.356 e. The van der Waals surface area contributed by atoms with E-state index in [-0.39, 0.29) is 47.7 Å². The van der Waals surface area contributed by atoms with Crippen LogP contribution < -0.4 is 10.2 Å². The Morgan fingerprint density at radius 2 is 2.11 bits per heavy atom. The van der Waals surface area contributed by atoms with E-state index in [1.54, 1.807) is 11.0 Å². The van der Waals surface area contributed by atoms with Crippen LogP contribution in [0.4, 0.5) is 20.3 Å². The second-order valence-electron chi connectivity index (χ2n) is 8.12. The third-order valence-corrected chi connectivity index (χ3v) is 5.82. The summed E-state index contributed by atoms with van der Waals surface area (Å²) in [5.41, 5.74) is 2.51. The van der Waals surface area contributed by atoms with Crippen molar-refractivity contribution in [3.8, 4) is 6.07 Å². The van der Waals surface area contributed by atoms with Gasteiger partial charge in [-0.05, 0) is 37.6 Å². The minimum atomic E-state index is -2.67. The van der Waals surface area contributed by atoms with Crippen LogP contribution in [0.1, 0.15) is 40.3 Å². The predicted molar refractivity (Wildman–Crippen MR) is 125 cm³/mol. The van der Waals surface area contributed by atoms with Gasteiger partial charge in [0.25, 0.3) is 6.43 Å². The largest absolute Gasteiger partial charge is 0.476 e. The molecular weight excluding hydrogens is 482 g/mol. The van der Waals surface area contributed by atoms with E-state index in [2.05, 4.69) is 20.3 Å². The molecule has 3 heterocycles. The predicted octanol–water partition coefficient (Wildman–Crippen LogP) is 4.20. The maximum atomic E-state index is 13.3. The van der Waals surface area contributed by atoms with Crippen LogP contribution >= 0.6 is 11.6 Å². The first-order valence-electron chi connectivity index (χ1n) is 10.7. The molecule has 35 heavy (non-hydrogen) atoms. The van der Waals surface area contributed by atoms with E-state index in [9.17, 15) is 23.9 Å². The number of hydrogen-bond donors (Lipinski definition) is 2. The number of aromatic nitrogens is 3. The molecule has 1 aromatic carbocycles. The molecule has 1 aliphatic heterocycles. The highest BCUT2D eigenvalue weighted by Crippen LogP contribution is 2.31. The fourth-order valence-electron chi connectivity index (χ4n) is 4.00. The summed E-state index contributed by atoms with van der Waals surface area (Å²) in [6.07, 6.45) is -3.96. The molecule has 2 N–H and O–H groups in total. The number of halogens is 3. The summed E-state index contributed by atoms with van der Waals surface area (Å²) in [7, 11) is 0. The number of nitrogens with one attached hydrogen (secondary N) is 1. The highest BCUT2D eigenvalue weighted by atomic mass is 35.5. The molecule has 9 nitrogen and oxygen atoms in total. The van der Waals surface area contributed by atoms with Crippen LogP contribution in [-0.4, -0.2) is 58.3 Å². The standard InChI is InChI=1S/C23H21ClF2N6O3/c1-11-7-13(12(2)28-14-3-4-18(24)30-20(14)23(33)34)19-15(8-11)29-16(9-27)22(31-19)32-5-6-35-17(10-32)21(25)26/h3-4,7-8,12,17,21,28H,5-6,10H2,1-2H3,(H,33,34)/t12-,17-/m1/s1. The Bertz CT molecular complexity index is 1330. The van der Waals surface area contributed by atoms with E-state index in [1.807, 2.05) is 26.0 Å². The summed E-state index contributed by atoms with van der Waals surface area (Å²) < 4.78 is 31.7. The quantitative estimate of drug-likeness (QED) is 0.477. The van der Waals surface area contributed by atoms with Gasteiger partial charge in [-0.25, -0.2) is 28.5 Å². The number of pyridine rings is 1. The molecule has 3 aromatic rings. The molecule has 0 spiro atoms. The van der Waals surface area contributed by atoms with Gasteiger partial charge < -0.3 is 20.1 Å². The molecule has 0 radical (unpaired) electrons. The topological polar surface area (TPSA) is 124 Å². The van der Waals surface area contributed by atoms with Crippen molar-refractivity contribution < 1.29 is 23.4 Å². The van der Waals surface area contributed by atoms with Gasteiger partial charge in [-0.15, -0.1) is 0 Å². The average Bonchev–Trinajstić information content (AvgIpc) is 2.83. The Hall–Kier alpha value is -3.62. The molecule has 0 unspecified atom stereocenters. The molecule has 0 bridgehead atoms. The zero-order valence-corrected chi connectivity index (χ0v) is 19.6. The number of hydrogen-bond acceptors (Lipinski definition) is 8. The number of rotatable bonds is 6. The van der Waals surface area contributed by atoms with Gasteiger partial charge >= 0.3 is 5.97 Å². The first kappa shape index (κ1) is 24.5. The van der Waals surface area contributed by atoms with Gasteiger partial charge in [-0.1, -0.05) is 17.7 Å². The summed E-state index contributed by atoms with van der Waals surface area (Å²) in [4.78, 5) is 26.2. The third kappa shape index (κ3) is 5.08. The fraction of sp³-hybridized carbons (Fsp3) is 0.348. The summed E-state index contributed by atoms with van der Waals surface area (Å²) in [6.45, 7) is 3.90. The van der Waals surface area contributed by atoms with Crippen molar-refractivity contribution in [2.24, 2.45) is 0 Å². The second kappa shape index (κ2) is 9.93. The number of nitrogens with zero attached hydrogens (tertiary/aromatic N) is 5. The van der Waals surface area contributed by atoms with Gasteiger partial charge in [-0.3, -0.25) is 0 Å². The zero-order chi connectivity index (χ0) is 25.3. The number of ether oxygens (including phenoxy) is 1. The first-order chi connectivity index (χ1) is 16.7. The normalized spacial score (nSPS) is 16.8. The monoisotopic (exact) mass is 502 g/mol. The number of anilines is 2. The number of aromatic carboxylic acids is 1. The van der Waals surface area contributed by atoms with Gasteiger partial charge in [0.2, 0.25) is 0 Å². The van der Waals surface area contributed by atoms with E-state index >= 15 is 0 Å². The Labute approximate surface area is 204 Å². The number of morpholine rings is 1. The number of nitriles is 1. The minimum absolute atomic E-state index is 0.0274. The van der Waals surface area contributed by atoms with Crippen LogP contribution in [0.3, 0.4) is 0 Å². The zero-order valence-electron chi connectivity index (χ0n) is 18.8. The highest BCUT2D eigenvalue weighted by molar-refractivity contribution is 6.29. The summed E-state index contributed by atoms with van der Waals surface area (Å²) in [5, 5.41) is 22.4. The van der Waals surface area contributed by atoms with E-state index < -0.39 is 24.5 Å². The Balaban J connectivity index is 1.78. The molecule has 0 saturated carbocycles. The van der Waals surface area contributed by atoms with E-state index in [0.717, 1.165) is 5.56 Å². The van der Waals surface area contributed by atoms with Crippen LogP contribution in [0, 0.1) is 18.3 Å². The van der Waals surface area contributed by atoms with Gasteiger partial charge in [0.05, 0.1) is 35.9 Å². The molecule has 182 valence electrons. The number of carbonyl (C=O) groups is 1. The number of aryl methyl sites for hydroxylation is 1. The van der Waals surface area contributed by atoms with Crippen molar-refractivity contribution in [2.75, 3.05) is 29.9 Å². The number of fused-ring (bicyclic) bond motifs is 1. The third-order valence-electron chi connectivity index (χ3n) is 5.61. The molecule has 12 heteroatoms. The fourth-order valence-corrected chi connectivity index (χ4v) is 4.14. The average molecular weight is 503 g/mol. The van der Waals surface area contributed by atoms with Crippen LogP contribution in [-0.2, 0) is 4.74 Å². The Kier molecular flexibility index (Phi) is 6.95. The first-order valence-corrected chi connectivity index (χ1v) is 11.1. The number of benzene rings is 1. The summed E-state index contributed by atoms with van der Waals surface area (Å²) in [5.74, 6) is -1.04. The lowest BCUT2D eigenvalue weighted by Crippen LogP contribution is -2.46. The number of carboxylic acid groups (broad SMARTS) is 1. The van der Waals surface area contributed by atoms with Crippen molar-refractivity contribution in [2.45, 2.75) is 32.4 Å². The lowest BCUT2D eigenvalue weighted by molar-refractivity contribution is -0.0615. The Morgan fingerprint density at radius 1 is 1.34 bits per heavy atom. The molecule has 4 rings (SSSR count). The van der Waals surface area contributed by atoms with Crippen molar-refractivity contribution in [3.63, 3.8) is 0 Å². The lowest BCUT2D eigenvalue weighted by Gasteiger charge is -2.33. The number of carboxylic acids is 1. The van der Waals surface area contributed by atoms with Crippen molar-refractivity contribution in [1.82, 2.24) is 15.0 Å². The lowest BCUT2D eigenvalue weighted by atomic mass is 10.0. The molecule has 0 aliphatic carbocycles. The van der Waals surface area contributed by atoms with Crippen LogP contribution in [0.25, 0.3) is 11.0 Å². The molecule has 1 saturated heterocycles. The van der Waals surface area contributed by atoms with Crippen LogP contribution in [0.15, 0.2) is 24.3 Å².